The van der Waals surface area contributed by atoms with Gasteiger partial charge in [-0.2, -0.15) is 0 Å². The molecule has 0 aliphatic heterocycles. The number of rotatable bonds is 5. The Morgan fingerprint density at radius 3 is 2.44 bits per heavy atom. The second-order valence-corrected chi connectivity index (χ2v) is 4.59. The first-order valence-corrected chi connectivity index (χ1v) is 6.19. The van der Waals surface area contributed by atoms with Crippen molar-refractivity contribution in [3.8, 4) is 0 Å². The minimum absolute atomic E-state index is 0.120. The molecule has 18 heavy (non-hydrogen) atoms. The first-order chi connectivity index (χ1) is 8.49. The number of nitrogens with one attached hydrogen (secondary N) is 2. The summed E-state index contributed by atoms with van der Waals surface area (Å²) in [5.41, 5.74) is 0.720. The number of hydrogen-bond acceptors (Lipinski definition) is 2. The summed E-state index contributed by atoms with van der Waals surface area (Å²) in [6.07, 6.45) is 0.191. The Morgan fingerprint density at radius 2 is 1.83 bits per heavy atom. The molecule has 98 valence electrons. The van der Waals surface area contributed by atoms with Gasteiger partial charge in [-0.3, -0.25) is 9.59 Å². The van der Waals surface area contributed by atoms with E-state index >= 15 is 0 Å². The highest BCUT2D eigenvalue weighted by atomic mass is 35.5. The average molecular weight is 289 g/mol. The van der Waals surface area contributed by atoms with Crippen molar-refractivity contribution in [2.75, 3.05) is 13.1 Å². The van der Waals surface area contributed by atoms with Crippen LogP contribution in [-0.4, -0.2) is 24.9 Å². The fraction of sp³-hybridized carbons (Fsp3) is 0.333. The number of carbonyl (C=O) groups is 2. The summed E-state index contributed by atoms with van der Waals surface area (Å²) in [6.45, 7) is 2.23. The topological polar surface area (TPSA) is 58.2 Å². The van der Waals surface area contributed by atoms with Gasteiger partial charge in [-0.05, 0) is 17.7 Å². The zero-order valence-corrected chi connectivity index (χ0v) is 11.4. The predicted octanol–water partition coefficient (Wildman–Crippen LogP) is 1.79. The van der Waals surface area contributed by atoms with Crippen LogP contribution >= 0.6 is 23.2 Å². The fourth-order valence-electron chi connectivity index (χ4n) is 1.34. The van der Waals surface area contributed by atoms with Crippen molar-refractivity contribution < 1.29 is 9.59 Å². The molecule has 0 aromatic heterocycles. The molecule has 6 heteroatoms. The van der Waals surface area contributed by atoms with Crippen LogP contribution in [0, 0.1) is 0 Å². The number of carbonyl (C=O) groups excluding carboxylic acids is 2. The summed E-state index contributed by atoms with van der Waals surface area (Å²) in [7, 11) is 0. The van der Waals surface area contributed by atoms with Crippen molar-refractivity contribution in [2.24, 2.45) is 0 Å². The third-order valence-corrected chi connectivity index (χ3v) is 2.77. The maximum absolute atomic E-state index is 11.6. The van der Waals surface area contributed by atoms with Crippen LogP contribution in [0.1, 0.15) is 12.5 Å². The van der Waals surface area contributed by atoms with Gasteiger partial charge >= 0.3 is 0 Å². The lowest BCUT2D eigenvalue weighted by Crippen LogP contribution is -2.34. The molecule has 0 aliphatic carbocycles. The summed E-state index contributed by atoms with van der Waals surface area (Å²) in [5.74, 6) is -0.269. The quantitative estimate of drug-likeness (QED) is 0.812. The van der Waals surface area contributed by atoms with Gasteiger partial charge in [0.2, 0.25) is 11.8 Å². The van der Waals surface area contributed by atoms with E-state index in [-0.39, 0.29) is 18.2 Å². The van der Waals surface area contributed by atoms with Crippen molar-refractivity contribution >= 4 is 35.0 Å². The molecule has 0 fully saturated rings. The Balaban J connectivity index is 2.38. The molecular weight excluding hydrogens is 275 g/mol. The molecule has 2 amide bonds. The highest BCUT2D eigenvalue weighted by Gasteiger charge is 2.07. The largest absolute Gasteiger partial charge is 0.355 e. The third kappa shape index (κ3) is 5.38. The average Bonchev–Trinajstić information content (AvgIpc) is 2.28. The lowest BCUT2D eigenvalue weighted by molar-refractivity contribution is -0.121. The van der Waals surface area contributed by atoms with E-state index in [2.05, 4.69) is 10.6 Å². The van der Waals surface area contributed by atoms with Gasteiger partial charge in [0.25, 0.3) is 0 Å². The Kier molecular flexibility index (Phi) is 5.95. The second kappa shape index (κ2) is 7.24. The van der Waals surface area contributed by atoms with Gasteiger partial charge in [-0.25, -0.2) is 0 Å². The molecule has 0 radical (unpaired) electrons. The summed E-state index contributed by atoms with van der Waals surface area (Å²) in [5, 5.41) is 6.28. The van der Waals surface area contributed by atoms with Crippen molar-refractivity contribution in [2.45, 2.75) is 13.3 Å². The van der Waals surface area contributed by atoms with Crippen LogP contribution in [0.3, 0.4) is 0 Å². The standard InChI is InChI=1S/C12H14Cl2N2O2/c1-8(17)15-4-5-16-12(18)6-9-2-3-10(13)7-11(9)14/h2-3,7H,4-6H2,1H3,(H,15,17)(H,16,18). The SMILES string of the molecule is CC(=O)NCCNC(=O)Cc1ccc(Cl)cc1Cl. The number of hydrogen-bond donors (Lipinski definition) is 2. The molecule has 0 bridgehead atoms. The van der Waals surface area contributed by atoms with Crippen molar-refractivity contribution in [1.29, 1.82) is 0 Å². The van der Waals surface area contributed by atoms with Gasteiger partial charge < -0.3 is 10.6 Å². The van der Waals surface area contributed by atoms with E-state index in [1.165, 1.54) is 6.92 Å². The Hall–Kier alpha value is -1.26. The van der Waals surface area contributed by atoms with Crippen LogP contribution in [-0.2, 0) is 16.0 Å². The molecule has 0 atom stereocenters. The van der Waals surface area contributed by atoms with E-state index < -0.39 is 0 Å². The van der Waals surface area contributed by atoms with Crippen LogP contribution in [0.5, 0.6) is 0 Å². The number of benzene rings is 1. The van der Waals surface area contributed by atoms with E-state index in [0.717, 1.165) is 5.56 Å². The minimum Gasteiger partial charge on any atom is -0.355 e. The van der Waals surface area contributed by atoms with E-state index in [0.29, 0.717) is 23.1 Å². The van der Waals surface area contributed by atoms with E-state index in [1.54, 1.807) is 18.2 Å². The predicted molar refractivity (Wildman–Crippen MR) is 71.9 cm³/mol. The molecule has 4 nitrogen and oxygen atoms in total. The number of halogens is 2. The van der Waals surface area contributed by atoms with Crippen LogP contribution in [0.15, 0.2) is 18.2 Å². The highest BCUT2D eigenvalue weighted by Crippen LogP contribution is 2.21. The molecule has 0 saturated carbocycles. The third-order valence-electron chi connectivity index (χ3n) is 2.19. The maximum Gasteiger partial charge on any atom is 0.224 e. The minimum atomic E-state index is -0.149. The second-order valence-electron chi connectivity index (χ2n) is 3.75. The zero-order valence-electron chi connectivity index (χ0n) is 9.93. The molecule has 1 rings (SSSR count). The normalized spacial score (nSPS) is 9.94. The molecule has 0 heterocycles. The van der Waals surface area contributed by atoms with Crippen molar-refractivity contribution in [3.05, 3.63) is 33.8 Å². The maximum atomic E-state index is 11.6. The van der Waals surface area contributed by atoms with Gasteiger partial charge in [0.05, 0.1) is 6.42 Å². The van der Waals surface area contributed by atoms with Crippen molar-refractivity contribution in [3.63, 3.8) is 0 Å². The Bertz CT molecular complexity index is 450. The summed E-state index contributed by atoms with van der Waals surface area (Å²) in [4.78, 5) is 22.2. The summed E-state index contributed by atoms with van der Waals surface area (Å²) >= 11 is 11.7. The molecular formula is C12H14Cl2N2O2. The van der Waals surface area contributed by atoms with Crippen LogP contribution < -0.4 is 10.6 Å². The Labute approximate surface area is 116 Å². The van der Waals surface area contributed by atoms with Gasteiger partial charge in [0.1, 0.15) is 0 Å². The van der Waals surface area contributed by atoms with Gasteiger partial charge in [0.15, 0.2) is 0 Å². The van der Waals surface area contributed by atoms with E-state index in [9.17, 15) is 9.59 Å². The Morgan fingerprint density at radius 1 is 1.17 bits per heavy atom. The molecule has 1 aromatic rings. The molecule has 0 saturated heterocycles. The van der Waals surface area contributed by atoms with Crippen molar-refractivity contribution in [1.82, 2.24) is 10.6 Å². The van der Waals surface area contributed by atoms with E-state index in [4.69, 9.17) is 23.2 Å². The molecule has 0 spiro atoms. The van der Waals surface area contributed by atoms with Crippen LogP contribution in [0.25, 0.3) is 0 Å². The van der Waals surface area contributed by atoms with Gasteiger partial charge in [-0.15, -0.1) is 0 Å². The zero-order chi connectivity index (χ0) is 13.5. The molecule has 0 unspecified atom stereocenters. The summed E-state index contributed by atoms with van der Waals surface area (Å²) in [6, 6.07) is 5.01. The van der Waals surface area contributed by atoms with Gasteiger partial charge in [0, 0.05) is 30.1 Å². The smallest absolute Gasteiger partial charge is 0.224 e. The lowest BCUT2D eigenvalue weighted by Gasteiger charge is -2.07. The fourth-order valence-corrected chi connectivity index (χ4v) is 1.82. The molecule has 0 aliphatic rings. The lowest BCUT2D eigenvalue weighted by atomic mass is 10.1. The molecule has 1 aromatic carbocycles. The molecule has 2 N–H and O–H groups in total. The van der Waals surface area contributed by atoms with Crippen LogP contribution in [0.4, 0.5) is 0 Å². The number of amides is 2. The first kappa shape index (κ1) is 14.8. The first-order valence-electron chi connectivity index (χ1n) is 5.44. The monoisotopic (exact) mass is 288 g/mol. The van der Waals surface area contributed by atoms with Gasteiger partial charge in [-0.1, -0.05) is 29.3 Å². The van der Waals surface area contributed by atoms with Crippen LogP contribution in [0.2, 0.25) is 10.0 Å². The van der Waals surface area contributed by atoms with E-state index in [1.807, 2.05) is 0 Å². The highest BCUT2D eigenvalue weighted by molar-refractivity contribution is 6.35. The summed E-state index contributed by atoms with van der Waals surface area (Å²) < 4.78 is 0.